The Labute approximate surface area is 301 Å². The van der Waals surface area contributed by atoms with Crippen LogP contribution in [0.1, 0.15) is 0 Å². The Kier molecular flexibility index (Phi) is 5.58. The zero-order valence-electron chi connectivity index (χ0n) is 28.2. The minimum atomic E-state index is 0.100. The van der Waals surface area contributed by atoms with E-state index in [1.165, 1.54) is 88.4 Å². The number of para-hydroxylation sites is 6. The highest BCUT2D eigenvalue weighted by Gasteiger charge is 2.43. The molecule has 4 heteroatoms. The van der Waals surface area contributed by atoms with Crippen LogP contribution < -0.4 is 26.2 Å². The molecular formula is C48H30BN3. The van der Waals surface area contributed by atoms with Crippen LogP contribution in [-0.4, -0.2) is 11.1 Å². The summed E-state index contributed by atoms with van der Waals surface area (Å²) in [6.45, 7) is 0.100. The number of benzene rings is 8. The summed E-state index contributed by atoms with van der Waals surface area (Å²) in [5.74, 6) is 0. The molecule has 52 heavy (non-hydrogen) atoms. The SMILES string of the molecule is c1ccc(N2c3ccccc3B3c4ccccc4N(c4ccccc4)c4cc(-c5ccc6c(c5)c5cccc7c8ccccc8n6c75)cc2c43)cc1. The first-order valence-electron chi connectivity index (χ1n) is 18.1. The van der Waals surface area contributed by atoms with E-state index in [1.54, 1.807) is 0 Å². The first-order chi connectivity index (χ1) is 25.8. The van der Waals surface area contributed by atoms with Crippen LogP contribution in [0.4, 0.5) is 34.1 Å². The largest absolute Gasteiger partial charge is 0.311 e. The van der Waals surface area contributed by atoms with Crippen LogP contribution >= 0.6 is 0 Å². The molecule has 2 aliphatic rings. The lowest BCUT2D eigenvalue weighted by Crippen LogP contribution is -2.61. The van der Waals surface area contributed by atoms with Crippen molar-refractivity contribution in [3.05, 3.63) is 182 Å². The van der Waals surface area contributed by atoms with Crippen molar-refractivity contribution >= 4 is 95.3 Å². The predicted octanol–water partition coefficient (Wildman–Crippen LogP) is 10.6. The number of hydrogen-bond acceptors (Lipinski definition) is 2. The summed E-state index contributed by atoms with van der Waals surface area (Å²) in [7, 11) is 0. The summed E-state index contributed by atoms with van der Waals surface area (Å²) in [5.41, 5.74) is 17.4. The Bertz CT molecular complexity index is 2930. The van der Waals surface area contributed by atoms with E-state index in [-0.39, 0.29) is 6.71 Å². The highest BCUT2D eigenvalue weighted by atomic mass is 15.2. The van der Waals surface area contributed by atoms with Crippen molar-refractivity contribution in [2.45, 2.75) is 0 Å². The Balaban J connectivity index is 1.18. The zero-order valence-corrected chi connectivity index (χ0v) is 28.2. The third-order valence-corrected chi connectivity index (χ3v) is 11.5. The molecule has 0 saturated heterocycles. The Morgan fingerprint density at radius 2 is 0.865 bits per heavy atom. The summed E-state index contributed by atoms with van der Waals surface area (Å²) in [6.07, 6.45) is 0. The lowest BCUT2D eigenvalue weighted by Gasteiger charge is -2.44. The fraction of sp³-hybridized carbons (Fsp3) is 0. The first kappa shape index (κ1) is 28.0. The fourth-order valence-corrected chi connectivity index (χ4v) is 9.39. The van der Waals surface area contributed by atoms with Gasteiger partial charge in [-0.15, -0.1) is 0 Å². The lowest BCUT2D eigenvalue weighted by atomic mass is 9.33. The van der Waals surface area contributed by atoms with Gasteiger partial charge in [-0.25, -0.2) is 0 Å². The van der Waals surface area contributed by atoms with E-state index >= 15 is 0 Å². The summed E-state index contributed by atoms with van der Waals surface area (Å²) in [6, 6.07) is 67.2. The summed E-state index contributed by atoms with van der Waals surface area (Å²) >= 11 is 0. The van der Waals surface area contributed by atoms with Crippen LogP contribution in [-0.2, 0) is 0 Å². The average Bonchev–Trinajstić information content (AvgIpc) is 3.73. The normalized spacial score (nSPS) is 13.3. The molecule has 0 radical (unpaired) electrons. The van der Waals surface area contributed by atoms with Crippen molar-refractivity contribution in [1.82, 2.24) is 4.40 Å². The topological polar surface area (TPSA) is 10.9 Å². The van der Waals surface area contributed by atoms with Gasteiger partial charge in [0.15, 0.2) is 0 Å². The van der Waals surface area contributed by atoms with Gasteiger partial charge in [-0.3, -0.25) is 0 Å². The van der Waals surface area contributed by atoms with Crippen LogP contribution in [0.15, 0.2) is 182 Å². The molecule has 2 aromatic heterocycles. The molecule has 0 saturated carbocycles. The third kappa shape index (κ3) is 3.65. The Morgan fingerprint density at radius 1 is 0.346 bits per heavy atom. The van der Waals surface area contributed by atoms with Crippen molar-refractivity contribution < 1.29 is 0 Å². The molecule has 10 aromatic rings. The van der Waals surface area contributed by atoms with Crippen molar-refractivity contribution in [3.8, 4) is 11.1 Å². The summed E-state index contributed by atoms with van der Waals surface area (Å²) < 4.78 is 2.46. The van der Waals surface area contributed by atoms with Crippen molar-refractivity contribution in [2.24, 2.45) is 0 Å². The van der Waals surface area contributed by atoms with Crippen molar-refractivity contribution in [1.29, 1.82) is 0 Å². The molecule has 8 aromatic carbocycles. The van der Waals surface area contributed by atoms with E-state index < -0.39 is 0 Å². The molecule has 0 N–H and O–H groups in total. The van der Waals surface area contributed by atoms with Gasteiger partial charge < -0.3 is 14.2 Å². The zero-order chi connectivity index (χ0) is 33.9. The predicted molar refractivity (Wildman–Crippen MR) is 221 cm³/mol. The number of aromatic nitrogens is 1. The quantitative estimate of drug-likeness (QED) is 0.175. The number of fused-ring (bicyclic) bond motifs is 10. The number of nitrogens with zero attached hydrogens (tertiary/aromatic N) is 3. The average molecular weight is 660 g/mol. The summed E-state index contributed by atoms with van der Waals surface area (Å²) in [4.78, 5) is 4.97. The van der Waals surface area contributed by atoms with Crippen LogP contribution in [0.25, 0.3) is 49.2 Å². The van der Waals surface area contributed by atoms with Gasteiger partial charge in [0.1, 0.15) is 0 Å². The van der Waals surface area contributed by atoms with Gasteiger partial charge in [0.2, 0.25) is 0 Å². The molecule has 3 nitrogen and oxygen atoms in total. The maximum atomic E-state index is 2.48. The molecule has 240 valence electrons. The van der Waals surface area contributed by atoms with Crippen molar-refractivity contribution in [3.63, 3.8) is 0 Å². The molecular weight excluding hydrogens is 629 g/mol. The second kappa shape index (κ2) is 10.4. The molecule has 0 fully saturated rings. The third-order valence-electron chi connectivity index (χ3n) is 11.5. The maximum absolute atomic E-state index is 2.48. The van der Waals surface area contributed by atoms with Gasteiger partial charge in [0, 0.05) is 55.7 Å². The van der Waals surface area contributed by atoms with Gasteiger partial charge in [0.25, 0.3) is 6.71 Å². The number of anilines is 6. The van der Waals surface area contributed by atoms with Crippen LogP contribution in [0.2, 0.25) is 0 Å². The van der Waals surface area contributed by atoms with Gasteiger partial charge in [-0.1, -0.05) is 115 Å². The Morgan fingerprint density at radius 3 is 1.52 bits per heavy atom. The number of rotatable bonds is 3. The van der Waals surface area contributed by atoms with E-state index in [2.05, 4.69) is 196 Å². The molecule has 2 aliphatic heterocycles. The van der Waals surface area contributed by atoms with Gasteiger partial charge in [-0.05, 0) is 94.2 Å². The van der Waals surface area contributed by atoms with Gasteiger partial charge in [0.05, 0.1) is 16.6 Å². The highest BCUT2D eigenvalue weighted by molar-refractivity contribution is 7.00. The van der Waals surface area contributed by atoms with E-state index in [0.29, 0.717) is 0 Å². The molecule has 12 rings (SSSR count). The highest BCUT2D eigenvalue weighted by Crippen LogP contribution is 2.47. The molecule has 0 bridgehead atoms. The minimum Gasteiger partial charge on any atom is -0.311 e. The molecule has 4 heterocycles. The smallest absolute Gasteiger partial charge is 0.252 e. The second-order valence-corrected chi connectivity index (χ2v) is 14.1. The van der Waals surface area contributed by atoms with E-state index in [1.807, 2.05) is 0 Å². The van der Waals surface area contributed by atoms with Crippen molar-refractivity contribution in [2.75, 3.05) is 9.80 Å². The van der Waals surface area contributed by atoms with Crippen LogP contribution in [0, 0.1) is 0 Å². The first-order valence-corrected chi connectivity index (χ1v) is 18.1. The minimum absolute atomic E-state index is 0.100. The van der Waals surface area contributed by atoms with Gasteiger partial charge in [-0.2, -0.15) is 0 Å². The van der Waals surface area contributed by atoms with Gasteiger partial charge >= 0.3 is 0 Å². The Hall–Kier alpha value is -6.78. The second-order valence-electron chi connectivity index (χ2n) is 14.1. The summed E-state index contributed by atoms with van der Waals surface area (Å²) in [5, 5.41) is 5.19. The fourth-order valence-electron chi connectivity index (χ4n) is 9.39. The number of hydrogen-bond donors (Lipinski definition) is 0. The molecule has 0 spiro atoms. The van der Waals surface area contributed by atoms with E-state index in [4.69, 9.17) is 0 Å². The molecule has 0 amide bonds. The molecule has 0 aliphatic carbocycles. The van der Waals surface area contributed by atoms with E-state index in [9.17, 15) is 0 Å². The standard InChI is InChI=1S/C48H30BN3/c1-3-14-33(15-4-1)50-43-24-11-8-21-39(43)49-40-22-9-12-25-44(40)51(34-16-5-2-6-17-34)46-30-32(29-45(50)47(46)49)31-26-27-42-38(28-31)37-20-13-19-36-35-18-7-10-23-41(35)52(42)48(36)37/h1-30H. The lowest BCUT2D eigenvalue weighted by molar-refractivity contribution is 1.25. The van der Waals surface area contributed by atoms with Crippen LogP contribution in [0.3, 0.4) is 0 Å². The van der Waals surface area contributed by atoms with Crippen LogP contribution in [0.5, 0.6) is 0 Å². The monoisotopic (exact) mass is 659 g/mol. The van der Waals surface area contributed by atoms with E-state index in [0.717, 1.165) is 11.4 Å². The maximum Gasteiger partial charge on any atom is 0.252 e. The molecule has 0 atom stereocenters. The molecule has 0 unspecified atom stereocenters.